The minimum Gasteiger partial charge on any atom is -0.382 e. The van der Waals surface area contributed by atoms with Crippen LogP contribution in [0, 0.1) is 11.3 Å². The summed E-state index contributed by atoms with van der Waals surface area (Å²) in [5, 5.41) is 11.3. The first-order chi connectivity index (χ1) is 9.60. The molecule has 0 heterocycles. The molecule has 2 aromatic carbocycles. The van der Waals surface area contributed by atoms with Gasteiger partial charge in [-0.1, -0.05) is 42.5 Å². The number of benzene rings is 2. The highest BCUT2D eigenvalue weighted by Crippen LogP contribution is 2.16. The Bertz CT molecular complexity index is 708. The van der Waals surface area contributed by atoms with Gasteiger partial charge in [0.25, 0.3) is 0 Å². The molecule has 0 amide bonds. The third-order valence-electron chi connectivity index (χ3n) is 2.99. The van der Waals surface area contributed by atoms with Crippen LogP contribution in [0.15, 0.2) is 54.2 Å². The number of carbonyl (C=O) groups is 1. The smallest absolute Gasteiger partial charge is 0.179 e. The van der Waals surface area contributed by atoms with Gasteiger partial charge in [0, 0.05) is 26.7 Å². The van der Waals surface area contributed by atoms with Crippen molar-refractivity contribution in [3.8, 4) is 6.07 Å². The Labute approximate surface area is 118 Å². The molecule has 20 heavy (non-hydrogen) atoms. The second kappa shape index (κ2) is 6.03. The van der Waals surface area contributed by atoms with E-state index in [1.54, 1.807) is 25.2 Å². The summed E-state index contributed by atoms with van der Waals surface area (Å²) in [5.74, 6) is -0.156. The quantitative estimate of drug-likeness (QED) is 0.630. The van der Waals surface area contributed by atoms with Crippen LogP contribution in [0.5, 0.6) is 0 Å². The molecule has 3 heteroatoms. The molecule has 2 rings (SSSR count). The van der Waals surface area contributed by atoms with Crippen LogP contribution < -0.4 is 0 Å². The molecule has 0 saturated carbocycles. The van der Waals surface area contributed by atoms with Crippen LogP contribution in [0.3, 0.4) is 0 Å². The number of rotatable bonds is 4. The maximum Gasteiger partial charge on any atom is 0.179 e. The Morgan fingerprint density at radius 3 is 2.55 bits per heavy atom. The standard InChI is InChI=1S/C17H16N2O/c1-19(2)12-16(11-18)17(20)10-13-7-8-14-5-3-4-6-15(14)9-13/h3-9,12H,10H2,1-2H3. The molecule has 0 spiro atoms. The number of carbonyl (C=O) groups excluding carboxylic acids is 1. The fraction of sp³-hybridized carbons (Fsp3) is 0.176. The Hall–Kier alpha value is -2.60. The van der Waals surface area contributed by atoms with Gasteiger partial charge in [0.15, 0.2) is 5.78 Å². The zero-order valence-corrected chi connectivity index (χ0v) is 11.6. The summed E-state index contributed by atoms with van der Waals surface area (Å²) < 4.78 is 0. The van der Waals surface area contributed by atoms with Crippen LogP contribution in [0.4, 0.5) is 0 Å². The molecular weight excluding hydrogens is 248 g/mol. The summed E-state index contributed by atoms with van der Waals surface area (Å²) >= 11 is 0. The molecule has 0 aromatic heterocycles. The fourth-order valence-corrected chi connectivity index (χ4v) is 2.05. The van der Waals surface area contributed by atoms with E-state index in [2.05, 4.69) is 0 Å². The summed E-state index contributed by atoms with van der Waals surface area (Å²) in [6.45, 7) is 0. The lowest BCUT2D eigenvalue weighted by Crippen LogP contribution is -2.10. The Balaban J connectivity index is 2.24. The summed E-state index contributed by atoms with van der Waals surface area (Å²) in [5.41, 5.74) is 1.11. The first-order valence-corrected chi connectivity index (χ1v) is 6.39. The predicted octanol–water partition coefficient (Wildman–Crippen LogP) is 2.92. The number of Topliss-reactive ketones (excluding diaryl/α,β-unsaturated/α-hetero) is 1. The molecule has 100 valence electrons. The number of hydrogen-bond donors (Lipinski definition) is 0. The maximum absolute atomic E-state index is 12.1. The average molecular weight is 264 g/mol. The molecule has 0 fully saturated rings. The summed E-state index contributed by atoms with van der Waals surface area (Å²) in [4.78, 5) is 13.8. The molecule has 0 unspecified atom stereocenters. The number of nitrogens with zero attached hydrogens (tertiary/aromatic N) is 2. The van der Waals surface area contributed by atoms with E-state index in [0.717, 1.165) is 16.3 Å². The van der Waals surface area contributed by atoms with Crippen molar-refractivity contribution in [2.24, 2.45) is 0 Å². The van der Waals surface area contributed by atoms with Gasteiger partial charge < -0.3 is 4.90 Å². The third-order valence-corrected chi connectivity index (χ3v) is 2.99. The molecule has 0 aliphatic heterocycles. The largest absolute Gasteiger partial charge is 0.382 e. The fourth-order valence-electron chi connectivity index (χ4n) is 2.05. The highest BCUT2D eigenvalue weighted by Gasteiger charge is 2.10. The zero-order valence-electron chi connectivity index (χ0n) is 11.6. The van der Waals surface area contributed by atoms with E-state index in [4.69, 9.17) is 5.26 Å². The number of nitriles is 1. The Kier molecular flexibility index (Phi) is 4.17. The van der Waals surface area contributed by atoms with Crippen molar-refractivity contribution in [1.82, 2.24) is 4.90 Å². The molecule has 0 aliphatic rings. The van der Waals surface area contributed by atoms with Crippen LogP contribution in [0.1, 0.15) is 5.56 Å². The van der Waals surface area contributed by atoms with Crippen LogP contribution in [-0.2, 0) is 11.2 Å². The third kappa shape index (κ3) is 3.24. The Morgan fingerprint density at radius 1 is 1.20 bits per heavy atom. The van der Waals surface area contributed by atoms with Crippen molar-refractivity contribution in [2.45, 2.75) is 6.42 Å². The SMILES string of the molecule is CN(C)C=C(C#N)C(=O)Cc1ccc2ccccc2c1. The lowest BCUT2D eigenvalue weighted by molar-refractivity contribution is -0.114. The number of hydrogen-bond acceptors (Lipinski definition) is 3. The van der Waals surface area contributed by atoms with E-state index in [0.29, 0.717) is 0 Å². The Morgan fingerprint density at radius 2 is 1.90 bits per heavy atom. The van der Waals surface area contributed by atoms with E-state index in [9.17, 15) is 4.79 Å². The highest BCUT2D eigenvalue weighted by molar-refractivity contribution is 6.00. The van der Waals surface area contributed by atoms with Gasteiger partial charge in [-0.25, -0.2) is 0 Å². The van der Waals surface area contributed by atoms with Gasteiger partial charge >= 0.3 is 0 Å². The minimum absolute atomic E-state index is 0.156. The highest BCUT2D eigenvalue weighted by atomic mass is 16.1. The van der Waals surface area contributed by atoms with E-state index in [1.807, 2.05) is 48.5 Å². The maximum atomic E-state index is 12.1. The lowest BCUT2D eigenvalue weighted by atomic mass is 10.0. The van der Waals surface area contributed by atoms with Gasteiger partial charge in [0.1, 0.15) is 11.6 Å². The van der Waals surface area contributed by atoms with E-state index >= 15 is 0 Å². The molecule has 0 bridgehead atoms. The van der Waals surface area contributed by atoms with Crippen molar-refractivity contribution < 1.29 is 4.79 Å². The van der Waals surface area contributed by atoms with Crippen LogP contribution in [-0.4, -0.2) is 24.8 Å². The topological polar surface area (TPSA) is 44.1 Å². The minimum atomic E-state index is -0.156. The molecular formula is C17H16N2O. The van der Waals surface area contributed by atoms with Gasteiger partial charge in [0.2, 0.25) is 0 Å². The monoisotopic (exact) mass is 264 g/mol. The predicted molar refractivity (Wildman–Crippen MR) is 80.0 cm³/mol. The zero-order chi connectivity index (χ0) is 14.5. The van der Waals surface area contributed by atoms with Crippen molar-refractivity contribution in [1.29, 1.82) is 5.26 Å². The number of ketones is 1. The van der Waals surface area contributed by atoms with E-state index in [1.165, 1.54) is 0 Å². The van der Waals surface area contributed by atoms with Gasteiger partial charge in [-0.05, 0) is 16.3 Å². The summed E-state index contributed by atoms with van der Waals surface area (Å²) in [6.07, 6.45) is 1.81. The van der Waals surface area contributed by atoms with E-state index in [-0.39, 0.29) is 17.8 Å². The molecule has 3 nitrogen and oxygen atoms in total. The van der Waals surface area contributed by atoms with Gasteiger partial charge in [-0.3, -0.25) is 4.79 Å². The van der Waals surface area contributed by atoms with Gasteiger partial charge in [-0.2, -0.15) is 5.26 Å². The van der Waals surface area contributed by atoms with Crippen molar-refractivity contribution >= 4 is 16.6 Å². The first-order valence-electron chi connectivity index (χ1n) is 6.39. The second-order valence-electron chi connectivity index (χ2n) is 4.90. The second-order valence-corrected chi connectivity index (χ2v) is 4.90. The average Bonchev–Trinajstić information content (AvgIpc) is 2.44. The number of allylic oxidation sites excluding steroid dienone is 1. The normalized spacial score (nSPS) is 11.2. The molecule has 0 N–H and O–H groups in total. The molecule has 0 aliphatic carbocycles. The van der Waals surface area contributed by atoms with Crippen LogP contribution in [0.2, 0.25) is 0 Å². The van der Waals surface area contributed by atoms with Crippen LogP contribution in [0.25, 0.3) is 10.8 Å². The molecule has 0 saturated heterocycles. The summed E-state index contributed by atoms with van der Waals surface area (Å²) in [6, 6.07) is 15.9. The molecule has 2 aromatic rings. The van der Waals surface area contributed by atoms with Gasteiger partial charge in [0.05, 0.1) is 0 Å². The number of fused-ring (bicyclic) bond motifs is 1. The molecule has 0 radical (unpaired) electrons. The van der Waals surface area contributed by atoms with Crippen LogP contribution >= 0.6 is 0 Å². The summed E-state index contributed by atoms with van der Waals surface area (Å²) in [7, 11) is 3.58. The van der Waals surface area contributed by atoms with Crippen molar-refractivity contribution in [2.75, 3.05) is 14.1 Å². The lowest BCUT2D eigenvalue weighted by Gasteiger charge is -2.06. The van der Waals surface area contributed by atoms with E-state index < -0.39 is 0 Å². The van der Waals surface area contributed by atoms with Crippen molar-refractivity contribution in [3.63, 3.8) is 0 Å². The first kappa shape index (κ1) is 13.8. The van der Waals surface area contributed by atoms with Crippen molar-refractivity contribution in [3.05, 3.63) is 59.8 Å². The van der Waals surface area contributed by atoms with Gasteiger partial charge in [-0.15, -0.1) is 0 Å². The molecule has 0 atom stereocenters.